The quantitative estimate of drug-likeness (QED) is 0.889. The van der Waals surface area contributed by atoms with Gasteiger partial charge in [-0.2, -0.15) is 0 Å². The van der Waals surface area contributed by atoms with Gasteiger partial charge in [0.05, 0.1) is 6.61 Å². The number of aliphatic hydroxyl groups excluding tert-OH is 1. The third kappa shape index (κ3) is 3.15. The molecule has 1 fully saturated rings. The maximum Gasteiger partial charge on any atom is 0.335 e. The van der Waals surface area contributed by atoms with E-state index in [0.717, 1.165) is 11.1 Å². The van der Waals surface area contributed by atoms with Crippen LogP contribution in [0.5, 0.6) is 0 Å². The molecule has 0 unspecified atom stereocenters. The fourth-order valence-electron chi connectivity index (χ4n) is 2.70. The number of benzene rings is 2. The molecule has 124 valence electrons. The van der Waals surface area contributed by atoms with Crippen molar-refractivity contribution >= 4 is 17.6 Å². The second-order valence-electron chi connectivity index (χ2n) is 5.48. The molecule has 2 atom stereocenters. The Labute approximate surface area is 138 Å². The van der Waals surface area contributed by atoms with Crippen LogP contribution < -0.4 is 4.90 Å². The summed E-state index contributed by atoms with van der Waals surface area (Å²) < 4.78 is 5.16. The van der Waals surface area contributed by atoms with Crippen LogP contribution in [-0.2, 0) is 14.3 Å². The lowest BCUT2D eigenvalue weighted by Crippen LogP contribution is -2.54. The summed E-state index contributed by atoms with van der Waals surface area (Å²) in [5.41, 5.74) is 2.61. The zero-order valence-corrected chi connectivity index (χ0v) is 12.8. The Bertz CT molecular complexity index is 746. The molecule has 0 spiro atoms. The number of carbonyl (C=O) groups is 2. The van der Waals surface area contributed by atoms with Gasteiger partial charge < -0.3 is 19.8 Å². The van der Waals surface area contributed by atoms with Gasteiger partial charge in [-0.15, -0.1) is 0 Å². The minimum Gasteiger partial charge on any atom is -0.479 e. The molecular weight excluding hydrogens is 310 g/mol. The number of morpholine rings is 1. The van der Waals surface area contributed by atoms with Gasteiger partial charge in [0.1, 0.15) is 0 Å². The van der Waals surface area contributed by atoms with Gasteiger partial charge in [0, 0.05) is 12.2 Å². The van der Waals surface area contributed by atoms with Crippen LogP contribution in [0.3, 0.4) is 0 Å². The zero-order valence-electron chi connectivity index (χ0n) is 12.8. The molecule has 6 heteroatoms. The normalized spacial score (nSPS) is 19.1. The summed E-state index contributed by atoms with van der Waals surface area (Å²) in [5, 5.41) is 18.5. The molecule has 2 aromatic rings. The van der Waals surface area contributed by atoms with Gasteiger partial charge in [-0.1, -0.05) is 42.5 Å². The van der Waals surface area contributed by atoms with Gasteiger partial charge in [0.25, 0.3) is 5.91 Å². The summed E-state index contributed by atoms with van der Waals surface area (Å²) in [4.78, 5) is 24.9. The minimum atomic E-state index is -1.88. The highest BCUT2D eigenvalue weighted by atomic mass is 16.5. The summed E-state index contributed by atoms with van der Waals surface area (Å²) in [5.74, 6) is -2.03. The third-order valence-electron chi connectivity index (χ3n) is 3.93. The first-order valence-corrected chi connectivity index (χ1v) is 7.57. The van der Waals surface area contributed by atoms with Crippen LogP contribution in [0.15, 0.2) is 54.6 Å². The SMILES string of the molecule is O=C(O)[C@H](O)[C@H]1OCCN(c2cccc(-c3ccccc3)c2)C1=O. The van der Waals surface area contributed by atoms with E-state index in [1.54, 1.807) is 6.07 Å². The third-order valence-corrected chi connectivity index (χ3v) is 3.93. The lowest BCUT2D eigenvalue weighted by molar-refractivity contribution is -0.163. The molecular formula is C18H17NO5. The number of carboxylic acid groups (broad SMARTS) is 1. The first-order chi connectivity index (χ1) is 11.6. The summed E-state index contributed by atoms with van der Waals surface area (Å²) in [7, 11) is 0. The molecule has 1 aliphatic heterocycles. The van der Waals surface area contributed by atoms with Crippen LogP contribution in [0, 0.1) is 0 Å². The molecule has 1 amide bonds. The van der Waals surface area contributed by atoms with Crippen molar-refractivity contribution in [2.45, 2.75) is 12.2 Å². The van der Waals surface area contributed by atoms with E-state index in [9.17, 15) is 14.7 Å². The van der Waals surface area contributed by atoms with Crippen molar-refractivity contribution in [3.63, 3.8) is 0 Å². The summed E-state index contributed by atoms with van der Waals surface area (Å²) in [6.45, 7) is 0.468. The standard InChI is InChI=1S/C18H17NO5/c20-15(18(22)23)16-17(21)19(9-10-24-16)14-8-4-7-13(11-14)12-5-2-1-3-6-12/h1-8,11,15-16,20H,9-10H2,(H,22,23)/t15-,16-/m1/s1. The fraction of sp³-hybridized carbons (Fsp3) is 0.222. The molecule has 0 radical (unpaired) electrons. The van der Waals surface area contributed by atoms with Crippen LogP contribution in [0.1, 0.15) is 0 Å². The van der Waals surface area contributed by atoms with Gasteiger partial charge in [0.15, 0.2) is 12.2 Å². The van der Waals surface area contributed by atoms with Crippen molar-refractivity contribution < 1.29 is 24.5 Å². The van der Waals surface area contributed by atoms with Crippen LogP contribution in [0.2, 0.25) is 0 Å². The maximum absolute atomic E-state index is 12.5. The van der Waals surface area contributed by atoms with Crippen molar-refractivity contribution in [3.05, 3.63) is 54.6 Å². The predicted octanol–water partition coefficient (Wildman–Crippen LogP) is 1.53. The fourth-order valence-corrected chi connectivity index (χ4v) is 2.70. The summed E-state index contributed by atoms with van der Waals surface area (Å²) in [6, 6.07) is 17.1. The second kappa shape index (κ2) is 6.82. The lowest BCUT2D eigenvalue weighted by atomic mass is 10.0. The molecule has 1 aliphatic rings. The van der Waals surface area contributed by atoms with Gasteiger partial charge >= 0.3 is 5.97 Å². The van der Waals surface area contributed by atoms with Gasteiger partial charge in [0.2, 0.25) is 0 Å². The van der Waals surface area contributed by atoms with Crippen LogP contribution >= 0.6 is 0 Å². The summed E-state index contributed by atoms with van der Waals surface area (Å²) in [6.07, 6.45) is -3.27. The van der Waals surface area contributed by atoms with E-state index < -0.39 is 24.1 Å². The molecule has 0 saturated carbocycles. The number of carbonyl (C=O) groups excluding carboxylic acids is 1. The number of aliphatic hydroxyl groups is 1. The number of carboxylic acids is 1. The molecule has 3 rings (SSSR count). The zero-order chi connectivity index (χ0) is 17.1. The van der Waals surface area contributed by atoms with E-state index in [4.69, 9.17) is 9.84 Å². The number of amides is 1. The number of rotatable bonds is 4. The minimum absolute atomic E-state index is 0.163. The highest BCUT2D eigenvalue weighted by molar-refractivity contribution is 6.00. The molecule has 0 bridgehead atoms. The Kier molecular flexibility index (Phi) is 4.59. The first kappa shape index (κ1) is 16.2. The number of anilines is 1. The van der Waals surface area contributed by atoms with E-state index in [1.165, 1.54) is 4.90 Å². The van der Waals surface area contributed by atoms with E-state index in [1.807, 2.05) is 48.5 Å². The number of aliphatic carboxylic acids is 1. The summed E-state index contributed by atoms with van der Waals surface area (Å²) >= 11 is 0. The Balaban J connectivity index is 1.88. The second-order valence-corrected chi connectivity index (χ2v) is 5.48. The van der Waals surface area contributed by atoms with Crippen molar-refractivity contribution in [3.8, 4) is 11.1 Å². The van der Waals surface area contributed by atoms with Gasteiger partial charge in [-0.3, -0.25) is 4.79 Å². The largest absolute Gasteiger partial charge is 0.479 e. The Hall–Kier alpha value is -2.70. The number of ether oxygens (including phenoxy) is 1. The van der Waals surface area contributed by atoms with Crippen molar-refractivity contribution in [2.75, 3.05) is 18.1 Å². The van der Waals surface area contributed by atoms with E-state index >= 15 is 0 Å². The number of nitrogens with zero attached hydrogens (tertiary/aromatic N) is 1. The molecule has 1 heterocycles. The van der Waals surface area contributed by atoms with Gasteiger partial charge in [-0.25, -0.2) is 4.79 Å². The lowest BCUT2D eigenvalue weighted by Gasteiger charge is -2.33. The van der Waals surface area contributed by atoms with E-state index in [2.05, 4.69) is 0 Å². The molecule has 24 heavy (non-hydrogen) atoms. The first-order valence-electron chi connectivity index (χ1n) is 7.57. The van der Waals surface area contributed by atoms with Gasteiger partial charge in [-0.05, 0) is 23.3 Å². The molecule has 0 aromatic heterocycles. The molecule has 0 aliphatic carbocycles. The molecule has 2 N–H and O–H groups in total. The van der Waals surface area contributed by atoms with E-state index in [0.29, 0.717) is 12.2 Å². The Morgan fingerprint density at radius 3 is 2.54 bits per heavy atom. The Morgan fingerprint density at radius 1 is 1.12 bits per heavy atom. The smallest absolute Gasteiger partial charge is 0.335 e. The predicted molar refractivity (Wildman–Crippen MR) is 87.6 cm³/mol. The highest BCUT2D eigenvalue weighted by Gasteiger charge is 2.39. The molecule has 2 aromatic carbocycles. The van der Waals surface area contributed by atoms with E-state index in [-0.39, 0.29) is 6.61 Å². The number of hydrogen-bond acceptors (Lipinski definition) is 4. The molecule has 1 saturated heterocycles. The molecule has 6 nitrogen and oxygen atoms in total. The maximum atomic E-state index is 12.5. The average molecular weight is 327 g/mol. The van der Waals surface area contributed by atoms with Crippen LogP contribution in [-0.4, -0.2) is 47.4 Å². The topological polar surface area (TPSA) is 87.1 Å². The van der Waals surface area contributed by atoms with Crippen LogP contribution in [0.4, 0.5) is 5.69 Å². The van der Waals surface area contributed by atoms with Crippen molar-refractivity contribution in [1.29, 1.82) is 0 Å². The van der Waals surface area contributed by atoms with Crippen molar-refractivity contribution in [1.82, 2.24) is 0 Å². The van der Waals surface area contributed by atoms with Crippen LogP contribution in [0.25, 0.3) is 11.1 Å². The highest BCUT2D eigenvalue weighted by Crippen LogP contribution is 2.26. The monoisotopic (exact) mass is 327 g/mol. The number of hydrogen-bond donors (Lipinski definition) is 2. The Morgan fingerprint density at radius 2 is 1.83 bits per heavy atom. The average Bonchev–Trinajstić information content (AvgIpc) is 2.62. The van der Waals surface area contributed by atoms with Crippen molar-refractivity contribution in [2.24, 2.45) is 0 Å².